The molecule has 3 atom stereocenters. The molecule has 0 radical (unpaired) electrons. The molecule has 0 unspecified atom stereocenters. The lowest BCUT2D eigenvalue weighted by atomic mass is 9.45. The summed E-state index contributed by atoms with van der Waals surface area (Å²) in [6.07, 6.45) is 6.34. The van der Waals surface area contributed by atoms with Crippen molar-refractivity contribution < 1.29 is 0 Å². The van der Waals surface area contributed by atoms with Crippen LogP contribution in [0.15, 0.2) is 89.9 Å². The van der Waals surface area contributed by atoms with Crippen molar-refractivity contribution in [1.29, 1.82) is 0 Å². The SMILES string of the molecule is CC1(C)[C@@H]2CC[C@H](CN=Cc3ccccc3P(c3ccccc3)c3ccccc3)[C@@H]1C2. The van der Waals surface area contributed by atoms with E-state index in [1.165, 1.54) is 40.7 Å². The zero-order valence-corrected chi connectivity index (χ0v) is 19.5. The molecule has 0 aromatic heterocycles. The first-order valence-corrected chi connectivity index (χ1v) is 13.0. The topological polar surface area (TPSA) is 12.4 Å². The van der Waals surface area contributed by atoms with Gasteiger partial charge >= 0.3 is 0 Å². The average molecular weight is 426 g/mol. The summed E-state index contributed by atoms with van der Waals surface area (Å²) in [5, 5.41) is 4.17. The van der Waals surface area contributed by atoms with E-state index < -0.39 is 7.92 Å². The van der Waals surface area contributed by atoms with E-state index in [0.717, 1.165) is 24.3 Å². The lowest BCUT2D eigenvalue weighted by Gasteiger charge is -2.60. The molecule has 0 aliphatic heterocycles. The van der Waals surface area contributed by atoms with E-state index in [4.69, 9.17) is 4.99 Å². The van der Waals surface area contributed by atoms with Gasteiger partial charge in [-0.3, -0.25) is 4.99 Å². The average Bonchev–Trinajstić information content (AvgIpc) is 2.82. The minimum Gasteiger partial charge on any atom is -0.292 e. The van der Waals surface area contributed by atoms with E-state index in [1.807, 2.05) is 0 Å². The minimum atomic E-state index is -0.605. The van der Waals surface area contributed by atoms with E-state index in [0.29, 0.717) is 5.41 Å². The molecule has 0 spiro atoms. The van der Waals surface area contributed by atoms with Gasteiger partial charge in [-0.1, -0.05) is 98.8 Å². The predicted octanol–water partition coefficient (Wildman–Crippen LogP) is 5.94. The Bertz CT molecular complexity index is 999. The number of hydrogen-bond donors (Lipinski definition) is 0. The second-order valence-electron chi connectivity index (χ2n) is 9.76. The largest absolute Gasteiger partial charge is 0.292 e. The summed E-state index contributed by atoms with van der Waals surface area (Å²) in [6, 6.07) is 30.8. The molecule has 2 heteroatoms. The molecule has 3 aromatic carbocycles. The molecule has 3 saturated carbocycles. The third kappa shape index (κ3) is 4.01. The van der Waals surface area contributed by atoms with Crippen molar-refractivity contribution in [2.45, 2.75) is 33.1 Å². The van der Waals surface area contributed by atoms with Gasteiger partial charge in [-0.25, -0.2) is 0 Å². The van der Waals surface area contributed by atoms with Crippen LogP contribution in [0.1, 0.15) is 38.7 Å². The zero-order valence-electron chi connectivity index (χ0n) is 18.6. The fourth-order valence-electron chi connectivity index (χ4n) is 5.85. The summed E-state index contributed by atoms with van der Waals surface area (Å²) in [4.78, 5) is 5.02. The van der Waals surface area contributed by atoms with Crippen molar-refractivity contribution >= 4 is 30.0 Å². The van der Waals surface area contributed by atoms with Crippen LogP contribution in [0.25, 0.3) is 0 Å². The number of benzene rings is 3. The van der Waals surface area contributed by atoms with Crippen LogP contribution < -0.4 is 15.9 Å². The van der Waals surface area contributed by atoms with Crippen molar-refractivity contribution in [3.63, 3.8) is 0 Å². The maximum atomic E-state index is 5.02. The van der Waals surface area contributed by atoms with Crippen LogP contribution in [0.5, 0.6) is 0 Å². The van der Waals surface area contributed by atoms with Gasteiger partial charge in [-0.05, 0) is 66.3 Å². The number of hydrogen-bond acceptors (Lipinski definition) is 1. The number of fused-ring (bicyclic) bond motifs is 2. The Kier molecular flexibility index (Phi) is 5.81. The van der Waals surface area contributed by atoms with Crippen LogP contribution in [0, 0.1) is 23.2 Å². The number of rotatable bonds is 6. The van der Waals surface area contributed by atoms with Crippen molar-refractivity contribution in [3.05, 3.63) is 90.5 Å². The molecule has 158 valence electrons. The van der Waals surface area contributed by atoms with E-state index in [9.17, 15) is 0 Å². The molecule has 0 amide bonds. The molecule has 2 bridgehead atoms. The van der Waals surface area contributed by atoms with E-state index in [2.05, 4.69) is 105 Å². The maximum absolute atomic E-state index is 5.02. The normalized spacial score (nSPS) is 24.3. The van der Waals surface area contributed by atoms with Crippen molar-refractivity contribution in [1.82, 2.24) is 0 Å². The van der Waals surface area contributed by atoms with Gasteiger partial charge in [0.1, 0.15) is 0 Å². The Balaban J connectivity index is 1.43. The summed E-state index contributed by atoms with van der Waals surface area (Å²) in [5.41, 5.74) is 1.80. The first-order chi connectivity index (χ1) is 15.1. The quantitative estimate of drug-likeness (QED) is 0.343. The van der Waals surface area contributed by atoms with Crippen LogP contribution in [0.2, 0.25) is 0 Å². The van der Waals surface area contributed by atoms with Crippen molar-refractivity contribution in [2.75, 3.05) is 6.54 Å². The van der Waals surface area contributed by atoms with Crippen LogP contribution in [-0.4, -0.2) is 12.8 Å². The van der Waals surface area contributed by atoms with Crippen molar-refractivity contribution in [3.8, 4) is 0 Å². The molecular formula is C29H32NP. The highest BCUT2D eigenvalue weighted by atomic mass is 31.1. The Labute approximate surface area is 188 Å². The third-order valence-electron chi connectivity index (χ3n) is 7.78. The lowest BCUT2D eigenvalue weighted by Crippen LogP contribution is -2.53. The molecule has 0 heterocycles. The highest BCUT2D eigenvalue weighted by Crippen LogP contribution is 2.61. The Hall–Kier alpha value is -2.24. The van der Waals surface area contributed by atoms with Gasteiger partial charge < -0.3 is 0 Å². The minimum absolute atomic E-state index is 0.533. The van der Waals surface area contributed by atoms with Crippen LogP contribution in [0.4, 0.5) is 0 Å². The number of nitrogens with zero attached hydrogens (tertiary/aromatic N) is 1. The molecule has 3 aliphatic carbocycles. The monoisotopic (exact) mass is 425 g/mol. The molecule has 31 heavy (non-hydrogen) atoms. The van der Waals surface area contributed by atoms with Gasteiger partial charge in [-0.2, -0.15) is 0 Å². The summed E-state index contributed by atoms with van der Waals surface area (Å²) >= 11 is 0. The Morgan fingerprint density at radius 3 is 2.06 bits per heavy atom. The van der Waals surface area contributed by atoms with Gasteiger partial charge in [0.05, 0.1) is 0 Å². The Morgan fingerprint density at radius 1 is 0.839 bits per heavy atom. The van der Waals surface area contributed by atoms with Gasteiger partial charge in [-0.15, -0.1) is 0 Å². The molecule has 3 aliphatic rings. The van der Waals surface area contributed by atoms with Gasteiger partial charge in [0.2, 0.25) is 0 Å². The van der Waals surface area contributed by atoms with Crippen LogP contribution >= 0.6 is 7.92 Å². The molecule has 0 saturated heterocycles. The standard InChI is InChI=1S/C29H32NP/c1-29(2)24-18-17-22(27(29)19-24)20-30-21-23-11-9-10-16-28(23)31(25-12-5-3-6-13-25)26-14-7-4-8-15-26/h3-16,21-22,24,27H,17-20H2,1-2H3/t22-,24-,27+/m1/s1. The Morgan fingerprint density at radius 2 is 1.45 bits per heavy atom. The highest BCUT2D eigenvalue weighted by molar-refractivity contribution is 7.80. The highest BCUT2D eigenvalue weighted by Gasteiger charge is 2.53. The number of aliphatic imine (C=N–C) groups is 1. The van der Waals surface area contributed by atoms with Gasteiger partial charge in [0.25, 0.3) is 0 Å². The molecule has 0 N–H and O–H groups in total. The van der Waals surface area contributed by atoms with E-state index in [1.54, 1.807) is 0 Å². The molecule has 1 nitrogen and oxygen atoms in total. The van der Waals surface area contributed by atoms with Gasteiger partial charge in [0, 0.05) is 18.3 Å². The maximum Gasteiger partial charge on any atom is 0.0420 e. The summed E-state index contributed by atoms with van der Waals surface area (Å²) in [6.45, 7) is 5.93. The second-order valence-corrected chi connectivity index (χ2v) is 11.9. The lowest BCUT2D eigenvalue weighted by molar-refractivity contribution is -0.101. The molecule has 6 rings (SSSR count). The molecule has 3 fully saturated rings. The fourth-order valence-corrected chi connectivity index (χ4v) is 8.27. The molecule has 3 aromatic rings. The first-order valence-electron chi connectivity index (χ1n) is 11.6. The summed E-state index contributed by atoms with van der Waals surface area (Å²) < 4.78 is 0. The van der Waals surface area contributed by atoms with E-state index in [-0.39, 0.29) is 0 Å². The second kappa shape index (κ2) is 8.71. The summed E-state index contributed by atoms with van der Waals surface area (Å²) in [7, 11) is -0.605. The zero-order chi connectivity index (χ0) is 21.3. The van der Waals surface area contributed by atoms with Crippen LogP contribution in [0.3, 0.4) is 0 Å². The van der Waals surface area contributed by atoms with E-state index >= 15 is 0 Å². The first kappa shape index (κ1) is 20.7. The summed E-state index contributed by atoms with van der Waals surface area (Å²) in [5.74, 6) is 2.58. The van der Waals surface area contributed by atoms with Crippen LogP contribution in [-0.2, 0) is 0 Å². The third-order valence-corrected chi connectivity index (χ3v) is 10.3. The predicted molar refractivity (Wildman–Crippen MR) is 136 cm³/mol. The smallest absolute Gasteiger partial charge is 0.0420 e. The van der Waals surface area contributed by atoms with Gasteiger partial charge in [0.15, 0.2) is 0 Å². The fraction of sp³-hybridized carbons (Fsp3) is 0.345. The molecular weight excluding hydrogens is 393 g/mol. The van der Waals surface area contributed by atoms with Crippen molar-refractivity contribution in [2.24, 2.45) is 28.2 Å².